The molecule has 112 valence electrons. The van der Waals surface area contributed by atoms with E-state index >= 15 is 0 Å². The maximum Gasteiger partial charge on any atom is 5.00 e. The summed E-state index contributed by atoms with van der Waals surface area (Å²) in [6.45, 7) is 7.72. The maximum atomic E-state index is 9.67. The molecule has 0 bridgehead atoms. The van der Waals surface area contributed by atoms with Crippen LogP contribution >= 0.6 is 0 Å². The Hall–Kier alpha value is 0.500. The molecule has 1 atom stereocenters. The van der Waals surface area contributed by atoms with Crippen LogP contribution in [0.3, 0.4) is 0 Å². The van der Waals surface area contributed by atoms with Gasteiger partial charge in [0.25, 0.3) is 0 Å². The standard InChI is InChI=1S/C3H7O2.4C2H5O.Ta/c1-3(4)5-2;4*1-2-3;/h3H,1-2H3;4*2H2,1H3;/q5*-1;+5. The molecule has 0 spiro atoms. The van der Waals surface area contributed by atoms with E-state index in [0.29, 0.717) is 0 Å². The van der Waals surface area contributed by atoms with E-state index in [-0.39, 0.29) is 48.8 Å². The van der Waals surface area contributed by atoms with E-state index in [0.717, 1.165) is 0 Å². The Kier molecular flexibility index (Phi) is 133. The predicted molar refractivity (Wildman–Crippen MR) is 58.6 cm³/mol. The van der Waals surface area contributed by atoms with E-state index in [4.69, 9.17) is 20.4 Å². The Bertz CT molecular complexity index is 59.5. The van der Waals surface area contributed by atoms with Gasteiger partial charge in [-0.25, -0.2) is 0 Å². The second kappa shape index (κ2) is 65.9. The molecule has 0 aromatic carbocycles. The summed E-state index contributed by atoms with van der Waals surface area (Å²) in [7, 11) is 1.39. The van der Waals surface area contributed by atoms with Gasteiger partial charge in [-0.3, -0.25) is 0 Å². The van der Waals surface area contributed by atoms with E-state index in [1.54, 1.807) is 27.7 Å². The first kappa shape index (κ1) is 36.3. The van der Waals surface area contributed by atoms with E-state index < -0.39 is 6.29 Å². The van der Waals surface area contributed by atoms with Gasteiger partial charge in [0, 0.05) is 7.11 Å². The van der Waals surface area contributed by atoms with Crippen molar-refractivity contribution in [1.82, 2.24) is 0 Å². The largest absolute Gasteiger partial charge is 5.00 e. The van der Waals surface area contributed by atoms with Crippen LogP contribution in [0.5, 0.6) is 0 Å². The molecule has 0 radical (unpaired) electrons. The van der Waals surface area contributed by atoms with Gasteiger partial charge in [0.2, 0.25) is 0 Å². The van der Waals surface area contributed by atoms with Crippen LogP contribution in [0, 0.1) is 0 Å². The summed E-state index contributed by atoms with van der Waals surface area (Å²) in [5.41, 5.74) is 0. The second-order valence-electron chi connectivity index (χ2n) is 1.96. The molecule has 0 heterocycles. The SMILES string of the molecule is CC[O-].CC[O-].CC[O-].CC[O-].COC(C)[O-].[Ta+5]. The average molecular weight is 436 g/mol. The molecule has 0 aliphatic heterocycles. The van der Waals surface area contributed by atoms with Gasteiger partial charge in [0.05, 0.1) is 0 Å². The van der Waals surface area contributed by atoms with Gasteiger partial charge >= 0.3 is 22.4 Å². The molecule has 0 N–H and O–H groups in total. The molecule has 0 aliphatic carbocycles. The third-order valence-corrected chi connectivity index (χ3v) is 0.332. The van der Waals surface area contributed by atoms with E-state index in [9.17, 15) is 5.11 Å². The minimum atomic E-state index is -0.866. The van der Waals surface area contributed by atoms with Crippen LogP contribution in [0.2, 0.25) is 0 Å². The fourth-order valence-corrected chi connectivity index (χ4v) is 0. The first-order valence-corrected chi connectivity index (χ1v) is 5.44. The minimum absolute atomic E-state index is 0. The zero-order chi connectivity index (χ0) is 15.1. The van der Waals surface area contributed by atoms with Crippen LogP contribution in [0.25, 0.3) is 0 Å². The van der Waals surface area contributed by atoms with Gasteiger partial charge < -0.3 is 30.3 Å². The first-order chi connectivity index (χ1) is 7.93. The monoisotopic (exact) mass is 436 g/mol. The molecule has 1 unspecified atom stereocenters. The predicted octanol–water partition coefficient (Wildman–Crippen LogP) is -3.20. The Morgan fingerprint density at radius 1 is 0.778 bits per heavy atom. The molecule has 18 heavy (non-hydrogen) atoms. The van der Waals surface area contributed by atoms with Crippen molar-refractivity contribution >= 4 is 0 Å². The van der Waals surface area contributed by atoms with E-state index in [2.05, 4.69) is 4.74 Å². The van der Waals surface area contributed by atoms with Crippen molar-refractivity contribution in [3.05, 3.63) is 0 Å². The normalized spacial score (nSPS) is 8.17. The quantitative estimate of drug-likeness (QED) is 0.399. The maximum absolute atomic E-state index is 9.67. The molecule has 0 saturated carbocycles. The Balaban J connectivity index is -0.0000000252. The molecular formula is C11H27O6Ta. The summed E-state index contributed by atoms with van der Waals surface area (Å²) < 4.78 is 4.19. The Morgan fingerprint density at radius 2 is 0.833 bits per heavy atom. The van der Waals surface area contributed by atoms with Crippen molar-refractivity contribution in [2.45, 2.75) is 40.9 Å². The number of methoxy groups -OCH3 is 1. The average Bonchev–Trinajstić information content (AvgIpc) is 2.22. The Morgan fingerprint density at radius 3 is 0.833 bits per heavy atom. The zero-order valence-corrected chi connectivity index (χ0v) is 15.5. The van der Waals surface area contributed by atoms with Gasteiger partial charge in [-0.1, -0.05) is 34.6 Å². The fourth-order valence-electron chi connectivity index (χ4n) is 0. The molecule has 7 heteroatoms. The molecule has 0 aliphatic rings. The van der Waals surface area contributed by atoms with Gasteiger partial charge in [-0.05, 0) is 6.29 Å². The smallest absolute Gasteiger partial charge is 0.855 e. The molecule has 0 aromatic heterocycles. The van der Waals surface area contributed by atoms with Crippen molar-refractivity contribution in [3.63, 3.8) is 0 Å². The van der Waals surface area contributed by atoms with E-state index in [1.807, 2.05) is 0 Å². The molecule has 0 saturated heterocycles. The summed E-state index contributed by atoms with van der Waals surface area (Å²) in [5.74, 6) is 0. The Labute approximate surface area is 127 Å². The van der Waals surface area contributed by atoms with Gasteiger partial charge in [-0.15, -0.1) is 26.4 Å². The van der Waals surface area contributed by atoms with Crippen LogP contribution in [0.1, 0.15) is 34.6 Å². The van der Waals surface area contributed by atoms with Crippen molar-refractivity contribution < 1.29 is 52.6 Å². The van der Waals surface area contributed by atoms with Crippen LogP contribution < -0.4 is 25.5 Å². The minimum Gasteiger partial charge on any atom is -0.855 e. The van der Waals surface area contributed by atoms with Gasteiger partial charge in [0.15, 0.2) is 0 Å². The van der Waals surface area contributed by atoms with Gasteiger partial charge in [-0.2, -0.15) is 0 Å². The second-order valence-corrected chi connectivity index (χ2v) is 1.96. The summed E-state index contributed by atoms with van der Waals surface area (Å²) >= 11 is 0. The van der Waals surface area contributed by atoms with Crippen molar-refractivity contribution in [1.29, 1.82) is 0 Å². The van der Waals surface area contributed by atoms with Crippen molar-refractivity contribution in [2.75, 3.05) is 33.5 Å². The summed E-state index contributed by atoms with van der Waals surface area (Å²) in [6, 6.07) is 0. The molecule has 0 rings (SSSR count). The molecule has 0 amide bonds. The zero-order valence-electron chi connectivity index (χ0n) is 12.3. The summed E-state index contributed by atoms with van der Waals surface area (Å²) in [6.07, 6.45) is -0.866. The number of hydrogen-bond donors (Lipinski definition) is 0. The van der Waals surface area contributed by atoms with E-state index in [1.165, 1.54) is 14.0 Å². The molecular weight excluding hydrogens is 409 g/mol. The molecule has 0 fully saturated rings. The van der Waals surface area contributed by atoms with Crippen LogP contribution in [0.15, 0.2) is 0 Å². The van der Waals surface area contributed by atoms with Crippen molar-refractivity contribution in [2.24, 2.45) is 0 Å². The number of hydrogen-bond acceptors (Lipinski definition) is 6. The van der Waals surface area contributed by atoms with Crippen molar-refractivity contribution in [3.8, 4) is 0 Å². The topological polar surface area (TPSA) is 125 Å². The molecule has 6 nitrogen and oxygen atoms in total. The number of ether oxygens (including phenoxy) is 1. The summed E-state index contributed by atoms with van der Waals surface area (Å²) in [4.78, 5) is 0. The summed E-state index contributed by atoms with van der Waals surface area (Å²) in [5, 5.41) is 45.4. The number of rotatable bonds is 1. The third kappa shape index (κ3) is 634. The van der Waals surface area contributed by atoms with Crippen LogP contribution in [0.4, 0.5) is 0 Å². The fraction of sp³-hybridized carbons (Fsp3) is 1.00. The van der Waals surface area contributed by atoms with Gasteiger partial charge in [0.1, 0.15) is 0 Å². The third-order valence-electron chi connectivity index (χ3n) is 0.332. The van der Waals surface area contributed by atoms with Crippen LogP contribution in [-0.2, 0) is 27.1 Å². The molecule has 0 aromatic rings. The first-order valence-electron chi connectivity index (χ1n) is 5.44. The van der Waals surface area contributed by atoms with Crippen LogP contribution in [-0.4, -0.2) is 39.8 Å².